The van der Waals surface area contributed by atoms with Crippen LogP contribution in [-0.4, -0.2) is 65.4 Å². The fourth-order valence-corrected chi connectivity index (χ4v) is 6.11. The quantitative estimate of drug-likeness (QED) is 0.651. The van der Waals surface area contributed by atoms with Crippen LogP contribution in [0.4, 0.5) is 5.69 Å². The maximum absolute atomic E-state index is 12.4. The Bertz CT molecular complexity index is 790. The zero-order valence-electron chi connectivity index (χ0n) is 16.7. The van der Waals surface area contributed by atoms with Gasteiger partial charge in [-0.15, -0.1) is 0 Å². The van der Waals surface area contributed by atoms with Crippen LogP contribution in [0.2, 0.25) is 0 Å². The van der Waals surface area contributed by atoms with Crippen LogP contribution in [0.3, 0.4) is 0 Å². The highest BCUT2D eigenvalue weighted by Crippen LogP contribution is 2.39. The Kier molecular flexibility index (Phi) is 5.56. The van der Waals surface area contributed by atoms with Gasteiger partial charge in [-0.05, 0) is 57.0 Å². The lowest BCUT2D eigenvalue weighted by Gasteiger charge is -2.20. The summed E-state index contributed by atoms with van der Waals surface area (Å²) in [6.07, 6.45) is 4.48. The van der Waals surface area contributed by atoms with Crippen molar-refractivity contribution in [1.29, 1.82) is 0 Å². The number of benzene rings is 1. The van der Waals surface area contributed by atoms with E-state index < -0.39 is 10.8 Å². The molecule has 0 aromatic heterocycles. The molecular formula is C21H29N3O3S. The van der Waals surface area contributed by atoms with E-state index >= 15 is 0 Å². The van der Waals surface area contributed by atoms with Gasteiger partial charge in [0.1, 0.15) is 0 Å². The third-order valence-corrected chi connectivity index (χ3v) is 7.82. The van der Waals surface area contributed by atoms with Gasteiger partial charge in [0, 0.05) is 20.1 Å². The molecule has 0 N–H and O–H groups in total. The van der Waals surface area contributed by atoms with Crippen LogP contribution in [0.25, 0.3) is 0 Å². The standard InChI is InChI=1S/C21H29N3O3S/c1-22(10-4-11-24-20(25)16-5-3-6-17(16)21(24)26)12-9-15-7-8-18-19(13-15)28(27)14-23(18)2/h7-8,13,16-17H,3-6,9-12,14H2,1-2H3. The van der Waals surface area contributed by atoms with E-state index in [1.54, 1.807) is 0 Å². The minimum absolute atomic E-state index is 0.0327. The van der Waals surface area contributed by atoms with Crippen LogP contribution in [0.1, 0.15) is 31.2 Å². The summed E-state index contributed by atoms with van der Waals surface area (Å²) >= 11 is 0. The Hall–Kier alpha value is -1.73. The summed E-state index contributed by atoms with van der Waals surface area (Å²) in [6, 6.07) is 6.26. The Morgan fingerprint density at radius 1 is 1.14 bits per heavy atom. The van der Waals surface area contributed by atoms with Crippen molar-refractivity contribution < 1.29 is 13.8 Å². The number of rotatable bonds is 7. The predicted molar refractivity (Wildman–Crippen MR) is 109 cm³/mol. The molecule has 4 rings (SSSR count). The smallest absolute Gasteiger partial charge is 0.233 e. The molecule has 0 radical (unpaired) electrons. The van der Waals surface area contributed by atoms with Gasteiger partial charge in [0.15, 0.2) is 0 Å². The van der Waals surface area contributed by atoms with E-state index in [0.717, 1.165) is 55.8 Å². The summed E-state index contributed by atoms with van der Waals surface area (Å²) in [6.45, 7) is 2.29. The van der Waals surface area contributed by atoms with Crippen LogP contribution < -0.4 is 4.90 Å². The van der Waals surface area contributed by atoms with Gasteiger partial charge in [0.25, 0.3) is 0 Å². The zero-order chi connectivity index (χ0) is 19.8. The van der Waals surface area contributed by atoms with Crippen LogP contribution in [0.15, 0.2) is 23.1 Å². The molecule has 2 amide bonds. The number of fused-ring (bicyclic) bond motifs is 2. The van der Waals surface area contributed by atoms with Gasteiger partial charge in [-0.25, -0.2) is 0 Å². The number of likely N-dealkylation sites (tertiary alicyclic amines) is 1. The van der Waals surface area contributed by atoms with Crippen molar-refractivity contribution >= 4 is 28.3 Å². The van der Waals surface area contributed by atoms with Crippen molar-refractivity contribution in [2.75, 3.05) is 44.5 Å². The average molecular weight is 404 g/mol. The predicted octanol–water partition coefficient (Wildman–Crippen LogP) is 1.85. The number of carbonyl (C=O) groups is 2. The number of hydrogen-bond donors (Lipinski definition) is 0. The van der Waals surface area contributed by atoms with Crippen LogP contribution in [-0.2, 0) is 26.8 Å². The van der Waals surface area contributed by atoms with E-state index in [0.29, 0.717) is 12.4 Å². The monoisotopic (exact) mass is 403 g/mol. The first-order valence-electron chi connectivity index (χ1n) is 10.2. The molecule has 0 bridgehead atoms. The van der Waals surface area contributed by atoms with Crippen LogP contribution in [0, 0.1) is 11.8 Å². The van der Waals surface area contributed by atoms with E-state index in [2.05, 4.69) is 30.1 Å². The molecule has 7 heteroatoms. The third-order valence-electron chi connectivity index (χ3n) is 6.38. The van der Waals surface area contributed by atoms with Crippen LogP contribution >= 0.6 is 0 Å². The lowest BCUT2D eigenvalue weighted by atomic mass is 10.00. The van der Waals surface area contributed by atoms with Gasteiger partial charge in [-0.1, -0.05) is 12.5 Å². The minimum Gasteiger partial charge on any atom is -0.361 e. The number of nitrogens with zero attached hydrogens (tertiary/aromatic N) is 3. The highest BCUT2D eigenvalue weighted by molar-refractivity contribution is 7.85. The first-order chi connectivity index (χ1) is 13.5. The maximum Gasteiger partial charge on any atom is 0.233 e. The van der Waals surface area contributed by atoms with Gasteiger partial charge in [0.05, 0.1) is 39.1 Å². The second-order valence-electron chi connectivity index (χ2n) is 8.35. The molecule has 3 aliphatic rings. The highest BCUT2D eigenvalue weighted by atomic mass is 32.2. The molecule has 0 spiro atoms. The molecule has 1 aromatic carbocycles. The van der Waals surface area contributed by atoms with E-state index in [1.807, 2.05) is 11.9 Å². The van der Waals surface area contributed by atoms with Crippen molar-refractivity contribution in [2.24, 2.45) is 11.8 Å². The summed E-state index contributed by atoms with van der Waals surface area (Å²) in [5.41, 5.74) is 2.27. The SMILES string of the molecule is CN(CCCN1C(=O)C2CCCC2C1=O)CCc1ccc2c(c1)S(=O)CN2C. The number of likely N-dealkylation sites (N-methyl/N-ethyl adjacent to an activating group) is 1. The number of amides is 2. The Balaban J connectivity index is 1.23. The van der Waals surface area contributed by atoms with Gasteiger partial charge < -0.3 is 9.80 Å². The molecule has 28 heavy (non-hydrogen) atoms. The fraction of sp³-hybridized carbons (Fsp3) is 0.619. The second kappa shape index (κ2) is 7.95. The van der Waals surface area contributed by atoms with Crippen molar-refractivity contribution in [1.82, 2.24) is 9.80 Å². The molecule has 2 aliphatic heterocycles. The number of anilines is 1. The van der Waals surface area contributed by atoms with E-state index in [-0.39, 0.29) is 23.7 Å². The Morgan fingerprint density at radius 3 is 2.57 bits per heavy atom. The van der Waals surface area contributed by atoms with Gasteiger partial charge in [0.2, 0.25) is 11.8 Å². The minimum atomic E-state index is -0.925. The summed E-state index contributed by atoms with van der Waals surface area (Å²) < 4.78 is 12.2. The van der Waals surface area contributed by atoms with E-state index in [4.69, 9.17) is 0 Å². The first-order valence-corrected chi connectivity index (χ1v) is 11.5. The van der Waals surface area contributed by atoms with Gasteiger partial charge in [-0.2, -0.15) is 0 Å². The fourth-order valence-electron chi connectivity index (χ4n) is 4.74. The lowest BCUT2D eigenvalue weighted by Crippen LogP contribution is -2.34. The van der Waals surface area contributed by atoms with E-state index in [1.165, 1.54) is 10.5 Å². The topological polar surface area (TPSA) is 60.9 Å². The average Bonchev–Trinajstić information content (AvgIpc) is 3.33. The number of hydrogen-bond acceptors (Lipinski definition) is 5. The van der Waals surface area contributed by atoms with Crippen molar-refractivity contribution in [3.63, 3.8) is 0 Å². The summed E-state index contributed by atoms with van der Waals surface area (Å²) in [5.74, 6) is 0.635. The lowest BCUT2D eigenvalue weighted by molar-refractivity contribution is -0.140. The van der Waals surface area contributed by atoms with Crippen molar-refractivity contribution in [2.45, 2.75) is 37.0 Å². The number of imide groups is 1. The molecule has 2 fully saturated rings. The van der Waals surface area contributed by atoms with Gasteiger partial charge in [-0.3, -0.25) is 18.7 Å². The summed E-state index contributed by atoms with van der Waals surface area (Å²) in [4.78, 5) is 31.5. The molecule has 3 atom stereocenters. The Morgan fingerprint density at radius 2 is 1.86 bits per heavy atom. The molecule has 1 saturated heterocycles. The summed E-state index contributed by atoms with van der Waals surface area (Å²) in [7, 11) is 3.12. The largest absolute Gasteiger partial charge is 0.361 e. The van der Waals surface area contributed by atoms with Crippen molar-refractivity contribution in [3.8, 4) is 0 Å². The molecule has 6 nitrogen and oxygen atoms in total. The molecule has 3 unspecified atom stereocenters. The molecular weight excluding hydrogens is 374 g/mol. The van der Waals surface area contributed by atoms with Crippen LogP contribution in [0.5, 0.6) is 0 Å². The molecule has 1 aromatic rings. The molecule has 1 aliphatic carbocycles. The maximum atomic E-state index is 12.4. The molecule has 1 saturated carbocycles. The number of carbonyl (C=O) groups excluding carboxylic acids is 2. The normalized spacial score (nSPS) is 26.5. The summed E-state index contributed by atoms with van der Waals surface area (Å²) in [5, 5.41) is 0. The second-order valence-corrected chi connectivity index (χ2v) is 9.74. The van der Waals surface area contributed by atoms with Gasteiger partial charge >= 0.3 is 0 Å². The first kappa shape index (κ1) is 19.6. The highest BCUT2D eigenvalue weighted by Gasteiger charge is 2.49. The Labute approximate surface area is 169 Å². The zero-order valence-corrected chi connectivity index (χ0v) is 17.5. The van der Waals surface area contributed by atoms with E-state index in [9.17, 15) is 13.8 Å². The molecule has 2 heterocycles. The molecule has 152 valence electrons. The van der Waals surface area contributed by atoms with Crippen molar-refractivity contribution in [3.05, 3.63) is 23.8 Å². The third kappa shape index (κ3) is 3.62.